The molecule has 0 saturated carbocycles. The lowest BCUT2D eigenvalue weighted by Crippen LogP contribution is -2.20. The molecule has 0 radical (unpaired) electrons. The molecule has 0 spiro atoms. The van der Waals surface area contributed by atoms with Gasteiger partial charge in [0.1, 0.15) is 30.1 Å². The van der Waals surface area contributed by atoms with Crippen molar-refractivity contribution in [3.05, 3.63) is 87.3 Å². The van der Waals surface area contributed by atoms with Gasteiger partial charge in [-0.05, 0) is 30.3 Å². The molecular formula is C24H18N4O6. The van der Waals surface area contributed by atoms with Gasteiger partial charge in [-0.15, -0.1) is 0 Å². The zero-order chi connectivity index (χ0) is 23.8. The molecule has 0 saturated heterocycles. The molecule has 0 atom stereocenters. The third-order valence-corrected chi connectivity index (χ3v) is 5.37. The van der Waals surface area contributed by atoms with E-state index >= 15 is 0 Å². The van der Waals surface area contributed by atoms with Crippen LogP contribution in [0, 0.1) is 10.1 Å². The minimum absolute atomic E-state index is 0.0737. The first-order valence-electron chi connectivity index (χ1n) is 10.4. The van der Waals surface area contributed by atoms with Gasteiger partial charge in [-0.1, -0.05) is 18.2 Å². The zero-order valence-electron chi connectivity index (χ0n) is 18.0. The maximum Gasteiger partial charge on any atom is 0.302 e. The van der Waals surface area contributed by atoms with Crippen LogP contribution in [0.4, 0.5) is 5.69 Å². The molecule has 3 heterocycles. The Labute approximate surface area is 191 Å². The number of carbonyl (C=O) groups is 1. The van der Waals surface area contributed by atoms with Crippen LogP contribution in [0.5, 0.6) is 5.75 Å². The summed E-state index contributed by atoms with van der Waals surface area (Å²) in [5.41, 5.74) is 1.81. The number of rotatable bonds is 6. The number of aromatic nitrogens is 3. The molecule has 0 aliphatic rings. The van der Waals surface area contributed by atoms with Crippen LogP contribution in [-0.4, -0.2) is 38.1 Å². The average Bonchev–Trinajstić information content (AvgIpc) is 3.21. The van der Waals surface area contributed by atoms with E-state index in [4.69, 9.17) is 14.5 Å². The number of imidazole rings is 1. The summed E-state index contributed by atoms with van der Waals surface area (Å²) < 4.78 is 13.8. The smallest absolute Gasteiger partial charge is 0.302 e. The number of ether oxygens (including phenoxy) is 2. The number of fused-ring (bicyclic) bond motifs is 5. The molecule has 5 rings (SSSR count). The van der Waals surface area contributed by atoms with Gasteiger partial charge in [-0.2, -0.15) is 0 Å². The van der Waals surface area contributed by atoms with Crippen molar-refractivity contribution < 1.29 is 19.2 Å². The highest BCUT2D eigenvalue weighted by atomic mass is 16.6. The number of pyridine rings is 2. The molecule has 170 valence electrons. The maximum atomic E-state index is 13.6. The fourth-order valence-corrected chi connectivity index (χ4v) is 3.89. The van der Waals surface area contributed by atoms with Gasteiger partial charge in [0, 0.05) is 29.8 Å². The minimum Gasteiger partial charge on any atom is -0.488 e. The molecule has 10 heteroatoms. The SMILES string of the molecule is CC(=O)OCCOc1ccc2nc3c4ccccc4c(=O)n(-c4ccc([N+](=O)[O-])cc4)c3n2c1. The first-order chi connectivity index (χ1) is 16.4. The Morgan fingerprint density at radius 3 is 2.47 bits per heavy atom. The molecule has 0 fully saturated rings. The molecule has 0 bridgehead atoms. The van der Waals surface area contributed by atoms with E-state index in [0.29, 0.717) is 39.0 Å². The van der Waals surface area contributed by atoms with Crippen LogP contribution in [-0.2, 0) is 9.53 Å². The Balaban J connectivity index is 1.74. The van der Waals surface area contributed by atoms with E-state index in [1.54, 1.807) is 34.9 Å². The van der Waals surface area contributed by atoms with E-state index in [0.717, 1.165) is 0 Å². The van der Waals surface area contributed by atoms with E-state index in [1.807, 2.05) is 12.1 Å². The number of carbonyl (C=O) groups excluding carboxylic acids is 1. The van der Waals surface area contributed by atoms with Crippen molar-refractivity contribution in [3.63, 3.8) is 0 Å². The summed E-state index contributed by atoms with van der Waals surface area (Å²) in [5.74, 6) is 0.105. The van der Waals surface area contributed by atoms with Crippen LogP contribution >= 0.6 is 0 Å². The summed E-state index contributed by atoms with van der Waals surface area (Å²) in [6, 6.07) is 16.5. The van der Waals surface area contributed by atoms with Gasteiger partial charge in [-0.25, -0.2) is 4.98 Å². The topological polar surface area (TPSA) is 118 Å². The predicted molar refractivity (Wildman–Crippen MR) is 125 cm³/mol. The Kier molecular flexibility index (Phi) is 5.17. The minimum atomic E-state index is -0.490. The molecule has 10 nitrogen and oxygen atoms in total. The monoisotopic (exact) mass is 458 g/mol. The van der Waals surface area contributed by atoms with Gasteiger partial charge < -0.3 is 9.47 Å². The van der Waals surface area contributed by atoms with Crippen molar-refractivity contribution in [1.82, 2.24) is 14.0 Å². The third kappa shape index (κ3) is 3.60. The Hall–Kier alpha value is -4.73. The molecule has 0 aliphatic heterocycles. The van der Waals surface area contributed by atoms with E-state index < -0.39 is 10.9 Å². The number of nitrogens with zero attached hydrogens (tertiary/aromatic N) is 4. The Morgan fingerprint density at radius 2 is 1.76 bits per heavy atom. The van der Waals surface area contributed by atoms with Gasteiger partial charge in [-0.3, -0.25) is 28.7 Å². The van der Waals surface area contributed by atoms with E-state index in [-0.39, 0.29) is 24.5 Å². The van der Waals surface area contributed by atoms with Crippen molar-refractivity contribution in [2.45, 2.75) is 6.92 Å². The van der Waals surface area contributed by atoms with Crippen LogP contribution in [0.25, 0.3) is 33.3 Å². The summed E-state index contributed by atoms with van der Waals surface area (Å²) in [7, 11) is 0. The van der Waals surface area contributed by atoms with Crippen molar-refractivity contribution in [2.24, 2.45) is 0 Å². The highest BCUT2D eigenvalue weighted by Gasteiger charge is 2.18. The highest BCUT2D eigenvalue weighted by molar-refractivity contribution is 6.04. The second-order valence-electron chi connectivity index (χ2n) is 7.53. The molecule has 0 aliphatic carbocycles. The summed E-state index contributed by atoms with van der Waals surface area (Å²) in [5, 5.41) is 12.3. The average molecular weight is 458 g/mol. The van der Waals surface area contributed by atoms with Crippen molar-refractivity contribution >= 4 is 39.2 Å². The highest BCUT2D eigenvalue weighted by Crippen LogP contribution is 2.28. The summed E-state index contributed by atoms with van der Waals surface area (Å²) in [4.78, 5) is 39.9. The quantitative estimate of drug-likeness (QED) is 0.165. The number of hydrogen-bond acceptors (Lipinski definition) is 7. The summed E-state index contributed by atoms with van der Waals surface area (Å²) in [6.45, 7) is 1.59. The lowest BCUT2D eigenvalue weighted by atomic mass is 10.1. The predicted octanol–water partition coefficient (Wildman–Crippen LogP) is 3.64. The van der Waals surface area contributed by atoms with Gasteiger partial charge in [0.2, 0.25) is 0 Å². The van der Waals surface area contributed by atoms with Gasteiger partial charge >= 0.3 is 5.97 Å². The second kappa shape index (κ2) is 8.32. The van der Waals surface area contributed by atoms with Crippen LogP contribution in [0.1, 0.15) is 6.92 Å². The number of non-ortho nitro benzene ring substituents is 1. The molecule has 5 aromatic rings. The molecule has 2 aromatic carbocycles. The first-order valence-corrected chi connectivity index (χ1v) is 10.4. The van der Waals surface area contributed by atoms with Crippen LogP contribution < -0.4 is 10.3 Å². The molecule has 0 N–H and O–H groups in total. The van der Waals surface area contributed by atoms with Crippen molar-refractivity contribution in [3.8, 4) is 11.4 Å². The first kappa shape index (κ1) is 21.1. The van der Waals surface area contributed by atoms with Crippen LogP contribution in [0.2, 0.25) is 0 Å². The largest absolute Gasteiger partial charge is 0.488 e. The van der Waals surface area contributed by atoms with Crippen LogP contribution in [0.15, 0.2) is 71.7 Å². The number of hydrogen-bond donors (Lipinski definition) is 0. The standard InChI is InChI=1S/C24H18N4O6/c1-15(29)33-12-13-34-18-10-11-21-25-22-19-4-2-3-5-20(19)24(30)27(23(22)26(21)14-18)16-6-8-17(9-7-16)28(31)32/h2-11,14H,12-13H2,1H3. The summed E-state index contributed by atoms with van der Waals surface area (Å²) >= 11 is 0. The molecular weight excluding hydrogens is 440 g/mol. The van der Waals surface area contributed by atoms with Crippen molar-refractivity contribution in [2.75, 3.05) is 13.2 Å². The molecule has 3 aromatic heterocycles. The van der Waals surface area contributed by atoms with Crippen molar-refractivity contribution in [1.29, 1.82) is 0 Å². The molecule has 34 heavy (non-hydrogen) atoms. The second-order valence-corrected chi connectivity index (χ2v) is 7.53. The molecule has 0 unspecified atom stereocenters. The number of benzene rings is 2. The van der Waals surface area contributed by atoms with Gasteiger partial charge in [0.05, 0.1) is 16.8 Å². The van der Waals surface area contributed by atoms with E-state index in [1.165, 1.54) is 35.8 Å². The van der Waals surface area contributed by atoms with Gasteiger partial charge in [0.25, 0.3) is 11.2 Å². The van der Waals surface area contributed by atoms with Gasteiger partial charge in [0.15, 0.2) is 5.65 Å². The third-order valence-electron chi connectivity index (χ3n) is 5.37. The number of nitro groups is 1. The Bertz CT molecular complexity index is 1640. The molecule has 0 amide bonds. The summed E-state index contributed by atoms with van der Waals surface area (Å²) in [6.07, 6.45) is 1.70. The maximum absolute atomic E-state index is 13.6. The number of nitro benzene ring substituents is 1. The fraction of sp³-hybridized carbons (Fsp3) is 0.125. The fourth-order valence-electron chi connectivity index (χ4n) is 3.89. The Morgan fingerprint density at radius 1 is 1.03 bits per heavy atom. The number of esters is 1. The van der Waals surface area contributed by atoms with E-state index in [9.17, 15) is 19.7 Å². The normalized spacial score (nSPS) is 11.2. The van der Waals surface area contributed by atoms with E-state index in [2.05, 4.69) is 0 Å². The zero-order valence-corrected chi connectivity index (χ0v) is 18.0. The van der Waals surface area contributed by atoms with Crippen LogP contribution in [0.3, 0.4) is 0 Å². The lowest BCUT2D eigenvalue weighted by molar-refractivity contribution is -0.384. The lowest BCUT2D eigenvalue weighted by Gasteiger charge is -2.12.